The minimum atomic E-state index is -0.485. The molecule has 1 N–H and O–H groups in total. The number of halogens is 2. The molecular weight excluding hydrogens is 351 g/mol. The highest BCUT2D eigenvalue weighted by Gasteiger charge is 2.19. The molecule has 0 radical (unpaired) electrons. The number of hydrogen-bond donors (Lipinski definition) is 1. The number of ether oxygens (including phenoxy) is 2. The summed E-state index contributed by atoms with van der Waals surface area (Å²) in [6.07, 6.45) is 4.62. The van der Waals surface area contributed by atoms with Gasteiger partial charge in [0.05, 0.1) is 19.8 Å². The Balaban J connectivity index is 0.00000264. The second-order valence-corrected chi connectivity index (χ2v) is 5.36. The number of benzene rings is 1. The fourth-order valence-corrected chi connectivity index (χ4v) is 2.59. The molecule has 1 aliphatic rings. The van der Waals surface area contributed by atoms with Crippen LogP contribution in [0.15, 0.2) is 24.3 Å². The first kappa shape index (κ1) is 22.8. The molecule has 0 aromatic heterocycles. The van der Waals surface area contributed by atoms with Gasteiger partial charge < -0.3 is 19.5 Å². The number of terminal acetylenes is 1. The van der Waals surface area contributed by atoms with Crippen LogP contribution >= 0.6 is 24.8 Å². The van der Waals surface area contributed by atoms with Gasteiger partial charge in [-0.3, -0.25) is 4.90 Å². The molecule has 0 bridgehead atoms. The summed E-state index contributed by atoms with van der Waals surface area (Å²) in [6.45, 7) is 4.93. The van der Waals surface area contributed by atoms with E-state index in [0.717, 1.165) is 31.9 Å². The van der Waals surface area contributed by atoms with Crippen LogP contribution in [0, 0.1) is 12.3 Å². The van der Waals surface area contributed by atoms with E-state index in [4.69, 9.17) is 15.9 Å². The van der Waals surface area contributed by atoms with E-state index in [1.165, 1.54) is 5.69 Å². The molecule has 1 fully saturated rings. The predicted molar refractivity (Wildman–Crippen MR) is 102 cm³/mol. The van der Waals surface area contributed by atoms with Gasteiger partial charge in [-0.1, -0.05) is 5.92 Å². The Morgan fingerprint density at radius 3 is 2.33 bits per heavy atom. The molecule has 24 heavy (non-hydrogen) atoms. The smallest absolute Gasteiger partial charge is 0.119 e. The number of nitrogens with zero attached hydrogens (tertiary/aromatic N) is 2. The summed E-state index contributed by atoms with van der Waals surface area (Å²) in [5, 5.41) is 9.91. The third-order valence-electron chi connectivity index (χ3n) is 3.77. The number of aliphatic hydroxyl groups is 1. The number of piperazine rings is 1. The minimum absolute atomic E-state index is 0. The molecule has 0 amide bonds. The Kier molecular flexibility index (Phi) is 11.6. The average Bonchev–Trinajstić information content (AvgIpc) is 2.56. The lowest BCUT2D eigenvalue weighted by molar-refractivity contribution is 0.0267. The second kappa shape index (κ2) is 12.2. The maximum absolute atomic E-state index is 9.91. The first-order chi connectivity index (χ1) is 10.7. The molecule has 5 nitrogen and oxygen atoms in total. The molecule has 136 valence electrons. The maximum atomic E-state index is 9.91. The van der Waals surface area contributed by atoms with Crippen LogP contribution in [0.2, 0.25) is 0 Å². The molecule has 2 rings (SSSR count). The highest BCUT2D eigenvalue weighted by Crippen LogP contribution is 2.20. The van der Waals surface area contributed by atoms with Gasteiger partial charge in [-0.2, -0.15) is 0 Å². The average molecular weight is 377 g/mol. The van der Waals surface area contributed by atoms with E-state index in [1.54, 1.807) is 7.11 Å². The van der Waals surface area contributed by atoms with Crippen molar-refractivity contribution in [3.05, 3.63) is 24.3 Å². The molecular formula is C17H26Cl2N2O3. The molecule has 1 saturated heterocycles. The normalized spacial score (nSPS) is 15.6. The molecule has 0 spiro atoms. The zero-order chi connectivity index (χ0) is 15.8. The van der Waals surface area contributed by atoms with Crippen molar-refractivity contribution in [2.75, 3.05) is 57.9 Å². The molecule has 1 heterocycles. The van der Waals surface area contributed by atoms with Crippen LogP contribution in [-0.4, -0.2) is 69.2 Å². The van der Waals surface area contributed by atoms with E-state index < -0.39 is 6.10 Å². The van der Waals surface area contributed by atoms with Crippen molar-refractivity contribution in [2.45, 2.75) is 6.10 Å². The lowest BCUT2D eigenvalue weighted by Gasteiger charge is -2.36. The Morgan fingerprint density at radius 2 is 1.79 bits per heavy atom. The standard InChI is InChI=1S/C17H24N2O3.2ClH/c1-3-12-22-14-16(20)13-18-8-10-19(11-9-18)15-4-6-17(21-2)7-5-15;;/h1,4-7,16,20H,8-14H2,2H3;2*1H. The largest absolute Gasteiger partial charge is 0.497 e. The summed E-state index contributed by atoms with van der Waals surface area (Å²) in [7, 11) is 1.67. The molecule has 1 aromatic rings. The van der Waals surface area contributed by atoms with Gasteiger partial charge in [0.15, 0.2) is 0 Å². The van der Waals surface area contributed by atoms with Crippen LogP contribution in [-0.2, 0) is 4.74 Å². The van der Waals surface area contributed by atoms with Gasteiger partial charge in [0.25, 0.3) is 0 Å². The maximum Gasteiger partial charge on any atom is 0.119 e. The third kappa shape index (κ3) is 7.16. The van der Waals surface area contributed by atoms with Crippen molar-refractivity contribution in [3.63, 3.8) is 0 Å². The van der Waals surface area contributed by atoms with Crippen molar-refractivity contribution >= 4 is 30.5 Å². The van der Waals surface area contributed by atoms with E-state index >= 15 is 0 Å². The van der Waals surface area contributed by atoms with Crippen LogP contribution < -0.4 is 9.64 Å². The zero-order valence-electron chi connectivity index (χ0n) is 13.9. The van der Waals surface area contributed by atoms with Gasteiger partial charge in [0.1, 0.15) is 12.4 Å². The van der Waals surface area contributed by atoms with Gasteiger partial charge in [-0.05, 0) is 24.3 Å². The summed E-state index contributed by atoms with van der Waals surface area (Å²) in [5.41, 5.74) is 1.21. The summed E-state index contributed by atoms with van der Waals surface area (Å²) in [4.78, 5) is 4.60. The Hall–Kier alpha value is -1.16. The molecule has 1 aliphatic heterocycles. The van der Waals surface area contributed by atoms with Crippen LogP contribution in [0.1, 0.15) is 0 Å². The molecule has 0 saturated carbocycles. The van der Waals surface area contributed by atoms with E-state index in [0.29, 0.717) is 13.2 Å². The second-order valence-electron chi connectivity index (χ2n) is 5.36. The van der Waals surface area contributed by atoms with Crippen molar-refractivity contribution in [1.29, 1.82) is 0 Å². The van der Waals surface area contributed by atoms with Crippen molar-refractivity contribution < 1.29 is 14.6 Å². The van der Waals surface area contributed by atoms with Gasteiger partial charge in [0, 0.05) is 38.4 Å². The van der Waals surface area contributed by atoms with Gasteiger partial charge >= 0.3 is 0 Å². The van der Waals surface area contributed by atoms with Crippen LogP contribution in [0.25, 0.3) is 0 Å². The lowest BCUT2D eigenvalue weighted by atomic mass is 10.2. The fourth-order valence-electron chi connectivity index (χ4n) is 2.59. The lowest BCUT2D eigenvalue weighted by Crippen LogP contribution is -2.49. The summed E-state index contributed by atoms with van der Waals surface area (Å²) < 4.78 is 10.3. The zero-order valence-corrected chi connectivity index (χ0v) is 15.5. The third-order valence-corrected chi connectivity index (χ3v) is 3.77. The van der Waals surface area contributed by atoms with Crippen LogP contribution in [0.4, 0.5) is 5.69 Å². The first-order valence-corrected chi connectivity index (χ1v) is 7.53. The first-order valence-electron chi connectivity index (χ1n) is 7.53. The minimum Gasteiger partial charge on any atom is -0.497 e. The van der Waals surface area contributed by atoms with Crippen molar-refractivity contribution in [3.8, 4) is 18.1 Å². The SMILES string of the molecule is C#CCOCC(O)CN1CCN(c2ccc(OC)cc2)CC1.Cl.Cl. The van der Waals surface area contributed by atoms with Gasteiger partial charge in [-0.15, -0.1) is 31.2 Å². The number of aliphatic hydroxyl groups excluding tert-OH is 1. The molecule has 1 aromatic carbocycles. The fraction of sp³-hybridized carbons (Fsp3) is 0.529. The van der Waals surface area contributed by atoms with Crippen LogP contribution in [0.3, 0.4) is 0 Å². The van der Waals surface area contributed by atoms with E-state index in [-0.39, 0.29) is 31.4 Å². The highest BCUT2D eigenvalue weighted by atomic mass is 35.5. The van der Waals surface area contributed by atoms with Gasteiger partial charge in [0.2, 0.25) is 0 Å². The summed E-state index contributed by atoms with van der Waals surface area (Å²) >= 11 is 0. The topological polar surface area (TPSA) is 45.2 Å². The number of anilines is 1. The Bertz CT molecular complexity index is 486. The quantitative estimate of drug-likeness (QED) is 0.579. The Morgan fingerprint density at radius 1 is 1.17 bits per heavy atom. The summed E-state index contributed by atoms with van der Waals surface area (Å²) in [6, 6.07) is 8.12. The van der Waals surface area contributed by atoms with E-state index in [9.17, 15) is 5.11 Å². The van der Waals surface area contributed by atoms with Gasteiger partial charge in [-0.25, -0.2) is 0 Å². The summed E-state index contributed by atoms with van der Waals surface area (Å²) in [5.74, 6) is 3.27. The predicted octanol–water partition coefficient (Wildman–Crippen LogP) is 1.67. The molecule has 0 aliphatic carbocycles. The number of rotatable bonds is 7. The van der Waals surface area contributed by atoms with Crippen molar-refractivity contribution in [2.24, 2.45) is 0 Å². The van der Waals surface area contributed by atoms with Crippen LogP contribution in [0.5, 0.6) is 5.75 Å². The molecule has 1 atom stereocenters. The number of hydrogen-bond acceptors (Lipinski definition) is 5. The number of β-amino-alcohol motifs (C(OH)–C–C–N with tert-alkyl or cyclic N) is 1. The highest BCUT2D eigenvalue weighted by molar-refractivity contribution is 5.85. The monoisotopic (exact) mass is 376 g/mol. The Labute approximate surface area is 156 Å². The molecule has 1 unspecified atom stereocenters. The van der Waals surface area contributed by atoms with Crippen molar-refractivity contribution in [1.82, 2.24) is 4.90 Å². The molecule has 7 heteroatoms. The number of methoxy groups -OCH3 is 1. The van der Waals surface area contributed by atoms with E-state index in [2.05, 4.69) is 27.9 Å². The van der Waals surface area contributed by atoms with E-state index in [1.807, 2.05) is 12.1 Å².